The number of halogens is 2. The lowest BCUT2D eigenvalue weighted by atomic mass is 9.87. The van der Waals surface area contributed by atoms with Crippen LogP contribution in [0, 0.1) is 5.82 Å². The summed E-state index contributed by atoms with van der Waals surface area (Å²) in [5, 5.41) is 0.132. The number of ether oxygens (including phenoxy) is 1. The van der Waals surface area contributed by atoms with Crippen molar-refractivity contribution in [3.63, 3.8) is 0 Å². The highest BCUT2D eigenvalue weighted by Crippen LogP contribution is 2.21. The normalized spacial score (nSPS) is 13.8. The van der Waals surface area contributed by atoms with Gasteiger partial charge in [0.1, 0.15) is 11.6 Å². The smallest absolute Gasteiger partial charge is 0.142 e. The van der Waals surface area contributed by atoms with Crippen LogP contribution >= 0.6 is 11.6 Å². The molecule has 0 aliphatic rings. The monoisotopic (exact) mass is 307 g/mol. The Labute approximate surface area is 129 Å². The SMILES string of the molecule is COc1ccc(CC(C)(N)Cc2ccc(Cl)c(F)c2)cc1. The zero-order chi connectivity index (χ0) is 15.5. The van der Waals surface area contributed by atoms with E-state index in [9.17, 15) is 4.39 Å². The van der Waals surface area contributed by atoms with Gasteiger partial charge in [-0.15, -0.1) is 0 Å². The zero-order valence-corrected chi connectivity index (χ0v) is 13.0. The van der Waals surface area contributed by atoms with Gasteiger partial charge < -0.3 is 10.5 Å². The summed E-state index contributed by atoms with van der Waals surface area (Å²) in [6, 6.07) is 12.6. The number of hydrogen-bond acceptors (Lipinski definition) is 2. The van der Waals surface area contributed by atoms with Crippen LogP contribution in [0.4, 0.5) is 4.39 Å². The lowest BCUT2D eigenvalue weighted by molar-refractivity contribution is 0.414. The quantitative estimate of drug-likeness (QED) is 0.906. The van der Waals surface area contributed by atoms with E-state index in [-0.39, 0.29) is 5.02 Å². The van der Waals surface area contributed by atoms with Gasteiger partial charge in [-0.3, -0.25) is 0 Å². The van der Waals surface area contributed by atoms with Crippen molar-refractivity contribution >= 4 is 11.6 Å². The standard InChI is InChI=1S/C17H19ClFNO/c1-17(20,10-12-3-6-14(21-2)7-4-12)11-13-5-8-15(18)16(19)9-13/h3-9H,10-11,20H2,1-2H3. The molecule has 0 spiro atoms. The first-order valence-corrected chi connectivity index (χ1v) is 7.13. The average Bonchev–Trinajstić information content (AvgIpc) is 2.43. The topological polar surface area (TPSA) is 35.2 Å². The lowest BCUT2D eigenvalue weighted by Gasteiger charge is -2.25. The van der Waals surface area contributed by atoms with Crippen molar-refractivity contribution in [2.75, 3.05) is 7.11 Å². The van der Waals surface area contributed by atoms with Crippen LogP contribution in [0.5, 0.6) is 5.75 Å². The van der Waals surface area contributed by atoms with E-state index in [2.05, 4.69) is 0 Å². The van der Waals surface area contributed by atoms with Crippen molar-refractivity contribution < 1.29 is 9.13 Å². The first kappa shape index (κ1) is 15.8. The Morgan fingerprint density at radius 2 is 1.67 bits per heavy atom. The molecule has 0 aliphatic carbocycles. The molecule has 0 aromatic heterocycles. The molecule has 0 fully saturated rings. The van der Waals surface area contributed by atoms with Gasteiger partial charge in [0.05, 0.1) is 12.1 Å². The third-order valence-corrected chi connectivity index (χ3v) is 3.67. The molecule has 2 aromatic carbocycles. The highest BCUT2D eigenvalue weighted by Gasteiger charge is 2.20. The number of methoxy groups -OCH3 is 1. The third-order valence-electron chi connectivity index (χ3n) is 3.36. The van der Waals surface area contributed by atoms with E-state index >= 15 is 0 Å². The maximum absolute atomic E-state index is 13.5. The molecule has 1 unspecified atom stereocenters. The maximum Gasteiger partial charge on any atom is 0.142 e. The summed E-state index contributed by atoms with van der Waals surface area (Å²) < 4.78 is 18.6. The Morgan fingerprint density at radius 3 is 2.24 bits per heavy atom. The second kappa shape index (κ2) is 6.46. The van der Waals surface area contributed by atoms with Crippen molar-refractivity contribution in [2.24, 2.45) is 5.73 Å². The van der Waals surface area contributed by atoms with E-state index in [0.29, 0.717) is 12.8 Å². The molecule has 112 valence electrons. The van der Waals surface area contributed by atoms with Gasteiger partial charge >= 0.3 is 0 Å². The molecule has 0 heterocycles. The summed E-state index contributed by atoms with van der Waals surface area (Å²) >= 11 is 5.69. The van der Waals surface area contributed by atoms with E-state index < -0.39 is 11.4 Å². The number of rotatable bonds is 5. The molecule has 2 nitrogen and oxygen atoms in total. The van der Waals surface area contributed by atoms with Crippen molar-refractivity contribution in [1.29, 1.82) is 0 Å². The predicted molar refractivity (Wildman–Crippen MR) is 84.4 cm³/mol. The van der Waals surface area contributed by atoms with Crippen LogP contribution in [-0.2, 0) is 12.8 Å². The Morgan fingerprint density at radius 1 is 1.10 bits per heavy atom. The van der Waals surface area contributed by atoms with Gasteiger partial charge in [0.15, 0.2) is 0 Å². The highest BCUT2D eigenvalue weighted by molar-refractivity contribution is 6.30. The molecule has 1 atom stereocenters. The first-order valence-electron chi connectivity index (χ1n) is 6.75. The molecule has 0 aliphatic heterocycles. The van der Waals surface area contributed by atoms with Gasteiger partial charge in [-0.05, 0) is 55.2 Å². The van der Waals surface area contributed by atoms with Gasteiger partial charge in [-0.25, -0.2) is 4.39 Å². The molecule has 2 aromatic rings. The van der Waals surface area contributed by atoms with E-state index in [1.807, 2.05) is 37.3 Å². The summed E-state index contributed by atoms with van der Waals surface area (Å²) in [7, 11) is 1.64. The van der Waals surface area contributed by atoms with Crippen LogP contribution < -0.4 is 10.5 Å². The Balaban J connectivity index is 2.07. The van der Waals surface area contributed by atoms with Crippen LogP contribution in [0.15, 0.2) is 42.5 Å². The molecule has 2 N–H and O–H groups in total. The van der Waals surface area contributed by atoms with Crippen molar-refractivity contribution in [1.82, 2.24) is 0 Å². The molecule has 0 saturated carbocycles. The minimum atomic E-state index is -0.463. The van der Waals surface area contributed by atoms with Gasteiger partial charge in [0, 0.05) is 5.54 Å². The molecule has 0 saturated heterocycles. The third kappa shape index (κ3) is 4.45. The number of nitrogens with two attached hydrogens (primary N) is 1. The van der Waals surface area contributed by atoms with Crippen molar-refractivity contribution in [3.05, 3.63) is 64.4 Å². The van der Waals surface area contributed by atoms with Crippen LogP contribution in [0.1, 0.15) is 18.1 Å². The lowest BCUT2D eigenvalue weighted by Crippen LogP contribution is -2.40. The first-order chi connectivity index (χ1) is 9.89. The summed E-state index contributed by atoms with van der Waals surface area (Å²) in [6.07, 6.45) is 1.27. The van der Waals surface area contributed by atoms with Crippen LogP contribution in [0.25, 0.3) is 0 Å². The van der Waals surface area contributed by atoms with E-state index in [1.54, 1.807) is 13.2 Å². The molecule has 0 radical (unpaired) electrons. The Bertz CT molecular complexity index is 611. The molecule has 0 bridgehead atoms. The van der Waals surface area contributed by atoms with Crippen molar-refractivity contribution in [2.45, 2.75) is 25.3 Å². The summed E-state index contributed by atoms with van der Waals surface area (Å²) in [5.41, 5.74) is 7.85. The summed E-state index contributed by atoms with van der Waals surface area (Å²) in [4.78, 5) is 0. The average molecular weight is 308 g/mol. The zero-order valence-electron chi connectivity index (χ0n) is 12.2. The highest BCUT2D eigenvalue weighted by atomic mass is 35.5. The Kier molecular flexibility index (Phi) is 4.86. The van der Waals surface area contributed by atoms with Gasteiger partial charge in [0.25, 0.3) is 0 Å². The van der Waals surface area contributed by atoms with Crippen LogP contribution in [0.2, 0.25) is 5.02 Å². The minimum absolute atomic E-state index is 0.132. The number of hydrogen-bond donors (Lipinski definition) is 1. The molecule has 2 rings (SSSR count). The van der Waals surface area contributed by atoms with Gasteiger partial charge in [-0.1, -0.05) is 29.8 Å². The Hall–Kier alpha value is -1.58. The minimum Gasteiger partial charge on any atom is -0.497 e. The fourth-order valence-corrected chi connectivity index (χ4v) is 2.51. The molecule has 21 heavy (non-hydrogen) atoms. The molecule has 4 heteroatoms. The van der Waals surface area contributed by atoms with Gasteiger partial charge in [-0.2, -0.15) is 0 Å². The fraction of sp³-hybridized carbons (Fsp3) is 0.294. The van der Waals surface area contributed by atoms with Crippen LogP contribution in [0.3, 0.4) is 0 Å². The molecular formula is C17H19ClFNO. The molecule has 0 amide bonds. The second-order valence-corrected chi connectivity index (χ2v) is 6.01. The fourth-order valence-electron chi connectivity index (χ4n) is 2.39. The summed E-state index contributed by atoms with van der Waals surface area (Å²) in [5.74, 6) is 0.409. The van der Waals surface area contributed by atoms with Crippen molar-refractivity contribution in [3.8, 4) is 5.75 Å². The predicted octanol–water partition coefficient (Wildman–Crippen LogP) is 3.99. The van der Waals surface area contributed by atoms with E-state index in [0.717, 1.165) is 16.9 Å². The van der Waals surface area contributed by atoms with E-state index in [4.69, 9.17) is 22.1 Å². The van der Waals surface area contributed by atoms with E-state index in [1.165, 1.54) is 6.07 Å². The van der Waals surface area contributed by atoms with Crippen LogP contribution in [-0.4, -0.2) is 12.6 Å². The maximum atomic E-state index is 13.5. The second-order valence-electron chi connectivity index (χ2n) is 5.60. The molecular weight excluding hydrogens is 289 g/mol. The number of benzene rings is 2. The van der Waals surface area contributed by atoms with Gasteiger partial charge in [0.2, 0.25) is 0 Å². The summed E-state index contributed by atoms with van der Waals surface area (Å²) in [6.45, 7) is 1.96. The largest absolute Gasteiger partial charge is 0.497 e.